The van der Waals surface area contributed by atoms with Crippen molar-refractivity contribution in [1.29, 1.82) is 0 Å². The van der Waals surface area contributed by atoms with Crippen LogP contribution in [0.3, 0.4) is 0 Å². The smallest absolute Gasteiger partial charge is 0.335 e. The molecule has 0 atom stereocenters. The summed E-state index contributed by atoms with van der Waals surface area (Å²) < 4.78 is 0. The fraction of sp³-hybridized carbons (Fsp3) is 0.0833. The predicted octanol–water partition coefficient (Wildman–Crippen LogP) is 1.29. The number of rotatable bonds is 4. The van der Waals surface area contributed by atoms with Gasteiger partial charge in [0, 0.05) is 5.69 Å². The van der Waals surface area contributed by atoms with E-state index in [2.05, 4.69) is 0 Å². The van der Waals surface area contributed by atoms with Gasteiger partial charge in [-0.25, -0.2) is 4.79 Å². The van der Waals surface area contributed by atoms with Gasteiger partial charge in [-0.3, -0.25) is 0 Å². The average molecular weight is 219 g/mol. The van der Waals surface area contributed by atoms with Gasteiger partial charge < -0.3 is 15.9 Å². The summed E-state index contributed by atoms with van der Waals surface area (Å²) >= 11 is 0. The zero-order valence-electron chi connectivity index (χ0n) is 8.63. The summed E-state index contributed by atoms with van der Waals surface area (Å²) in [6, 6.07) is 7.03. The van der Waals surface area contributed by atoms with Crippen molar-refractivity contribution in [3.8, 4) is 0 Å². The quantitative estimate of drug-likeness (QED) is 0.404. The van der Waals surface area contributed by atoms with E-state index in [4.69, 9.17) is 15.9 Å². The Morgan fingerprint density at radius 1 is 1.31 bits per heavy atom. The monoisotopic (exact) mass is 219 g/mol. The summed E-state index contributed by atoms with van der Waals surface area (Å²) in [4.78, 5) is 10.7. The standard InChI is InChI=1S/C12H13NO3/c13-11-5-2-9(3-6-11)1-4-10(7-8-14)12(15)16/h1-7,14H,8,13H2,(H,15,16)/b4-1+,10-7+. The highest BCUT2D eigenvalue weighted by Crippen LogP contribution is 2.09. The van der Waals surface area contributed by atoms with Gasteiger partial charge in [-0.1, -0.05) is 18.2 Å². The zero-order chi connectivity index (χ0) is 12.0. The van der Waals surface area contributed by atoms with Gasteiger partial charge in [-0.05, 0) is 29.8 Å². The summed E-state index contributed by atoms with van der Waals surface area (Å²) in [6.45, 7) is -0.298. The second-order valence-electron chi connectivity index (χ2n) is 3.15. The maximum Gasteiger partial charge on any atom is 0.335 e. The van der Waals surface area contributed by atoms with Crippen LogP contribution in [0.1, 0.15) is 5.56 Å². The molecule has 16 heavy (non-hydrogen) atoms. The molecule has 1 aromatic carbocycles. The first-order chi connectivity index (χ1) is 7.63. The molecular formula is C12H13NO3. The Labute approximate surface area is 93.3 Å². The Bertz CT molecular complexity index is 418. The van der Waals surface area contributed by atoms with E-state index in [1.807, 2.05) is 0 Å². The fourth-order valence-corrected chi connectivity index (χ4v) is 1.12. The van der Waals surface area contributed by atoms with Crippen molar-refractivity contribution in [3.05, 3.63) is 47.6 Å². The summed E-state index contributed by atoms with van der Waals surface area (Å²) in [5.41, 5.74) is 7.07. The lowest BCUT2D eigenvalue weighted by atomic mass is 10.1. The molecular weight excluding hydrogens is 206 g/mol. The Kier molecular flexibility index (Phi) is 4.29. The minimum absolute atomic E-state index is 0.0549. The van der Waals surface area contributed by atoms with Gasteiger partial charge in [0.15, 0.2) is 0 Å². The van der Waals surface area contributed by atoms with Gasteiger partial charge in [0.25, 0.3) is 0 Å². The van der Waals surface area contributed by atoms with Crippen molar-refractivity contribution < 1.29 is 15.0 Å². The zero-order valence-corrected chi connectivity index (χ0v) is 8.63. The summed E-state index contributed by atoms with van der Waals surface area (Å²) in [6.07, 6.45) is 4.31. The first-order valence-electron chi connectivity index (χ1n) is 4.71. The molecule has 0 saturated heterocycles. The molecule has 0 aliphatic rings. The molecule has 0 spiro atoms. The summed E-state index contributed by atoms with van der Waals surface area (Å²) in [5, 5.41) is 17.4. The lowest BCUT2D eigenvalue weighted by molar-refractivity contribution is -0.132. The first kappa shape index (κ1) is 12.0. The van der Waals surface area contributed by atoms with Crippen LogP contribution >= 0.6 is 0 Å². The van der Waals surface area contributed by atoms with Gasteiger partial charge in [0.2, 0.25) is 0 Å². The molecule has 0 unspecified atom stereocenters. The maximum atomic E-state index is 10.7. The minimum atomic E-state index is -1.07. The number of hydrogen-bond donors (Lipinski definition) is 3. The number of hydrogen-bond acceptors (Lipinski definition) is 3. The second-order valence-corrected chi connectivity index (χ2v) is 3.15. The summed E-state index contributed by atoms with van der Waals surface area (Å²) in [7, 11) is 0. The van der Waals surface area contributed by atoms with Crippen LogP contribution < -0.4 is 5.73 Å². The van der Waals surface area contributed by atoms with Crippen LogP contribution in [0.15, 0.2) is 42.0 Å². The number of carbonyl (C=O) groups is 1. The second kappa shape index (κ2) is 5.72. The largest absolute Gasteiger partial charge is 0.478 e. The van der Waals surface area contributed by atoms with Gasteiger partial charge in [-0.15, -0.1) is 0 Å². The van der Waals surface area contributed by atoms with Crippen molar-refractivity contribution >= 4 is 17.7 Å². The van der Waals surface area contributed by atoms with E-state index in [-0.39, 0.29) is 12.2 Å². The average Bonchev–Trinajstić information content (AvgIpc) is 2.26. The van der Waals surface area contributed by atoms with Crippen LogP contribution in [0.2, 0.25) is 0 Å². The van der Waals surface area contributed by atoms with Gasteiger partial charge in [-0.2, -0.15) is 0 Å². The molecule has 0 fully saturated rings. The fourth-order valence-electron chi connectivity index (χ4n) is 1.12. The van der Waals surface area contributed by atoms with Crippen LogP contribution in [0.25, 0.3) is 6.08 Å². The van der Waals surface area contributed by atoms with Crippen LogP contribution in [-0.2, 0) is 4.79 Å². The molecule has 0 saturated carbocycles. The number of nitrogen functional groups attached to an aromatic ring is 1. The van der Waals surface area contributed by atoms with Crippen LogP contribution in [0.5, 0.6) is 0 Å². The Balaban J connectivity index is 2.82. The third kappa shape index (κ3) is 3.59. The number of aliphatic hydroxyl groups excluding tert-OH is 1. The van der Waals surface area contributed by atoms with Gasteiger partial charge in [0.1, 0.15) is 0 Å². The maximum absolute atomic E-state index is 10.7. The first-order valence-corrected chi connectivity index (χ1v) is 4.71. The van der Waals surface area contributed by atoms with E-state index in [9.17, 15) is 4.79 Å². The normalized spacial score (nSPS) is 11.9. The molecule has 0 aliphatic carbocycles. The molecule has 0 amide bonds. The van der Waals surface area contributed by atoms with Gasteiger partial charge >= 0.3 is 5.97 Å². The van der Waals surface area contributed by atoms with Crippen molar-refractivity contribution in [2.45, 2.75) is 0 Å². The van der Waals surface area contributed by atoms with Crippen molar-refractivity contribution in [1.82, 2.24) is 0 Å². The SMILES string of the molecule is Nc1ccc(/C=C/C(=C\CO)C(=O)O)cc1. The van der Waals surface area contributed by atoms with Crippen molar-refractivity contribution in [2.24, 2.45) is 0 Å². The molecule has 84 valence electrons. The molecule has 0 aliphatic heterocycles. The topological polar surface area (TPSA) is 83.5 Å². The molecule has 0 heterocycles. The van der Waals surface area contributed by atoms with E-state index < -0.39 is 5.97 Å². The molecule has 1 aromatic rings. The van der Waals surface area contributed by atoms with Gasteiger partial charge in [0.05, 0.1) is 12.2 Å². The third-order valence-corrected chi connectivity index (χ3v) is 1.95. The lowest BCUT2D eigenvalue weighted by Crippen LogP contribution is -1.98. The van der Waals surface area contributed by atoms with Crippen molar-refractivity contribution in [2.75, 3.05) is 12.3 Å². The van der Waals surface area contributed by atoms with Crippen LogP contribution in [0.4, 0.5) is 5.69 Å². The number of anilines is 1. The molecule has 0 aromatic heterocycles. The third-order valence-electron chi connectivity index (χ3n) is 1.95. The van der Waals surface area contributed by atoms with E-state index in [0.717, 1.165) is 5.56 Å². The molecule has 0 bridgehead atoms. The number of carboxylic acid groups (broad SMARTS) is 1. The number of aliphatic carboxylic acids is 1. The number of carboxylic acids is 1. The predicted molar refractivity (Wildman–Crippen MR) is 62.7 cm³/mol. The lowest BCUT2D eigenvalue weighted by Gasteiger charge is -1.96. The number of benzene rings is 1. The number of nitrogens with two attached hydrogens (primary N) is 1. The molecule has 4 N–H and O–H groups in total. The molecule has 4 heteroatoms. The van der Waals surface area contributed by atoms with E-state index >= 15 is 0 Å². The Hall–Kier alpha value is -2.07. The van der Waals surface area contributed by atoms with E-state index in [0.29, 0.717) is 5.69 Å². The highest BCUT2D eigenvalue weighted by atomic mass is 16.4. The Morgan fingerprint density at radius 2 is 1.94 bits per heavy atom. The summed E-state index contributed by atoms with van der Waals surface area (Å²) in [5.74, 6) is -1.07. The highest BCUT2D eigenvalue weighted by Gasteiger charge is 2.01. The van der Waals surface area contributed by atoms with E-state index in [1.165, 1.54) is 12.2 Å². The number of aliphatic hydroxyl groups is 1. The minimum Gasteiger partial charge on any atom is -0.478 e. The molecule has 0 radical (unpaired) electrons. The van der Waals surface area contributed by atoms with Crippen molar-refractivity contribution in [3.63, 3.8) is 0 Å². The van der Waals surface area contributed by atoms with Crippen LogP contribution in [-0.4, -0.2) is 22.8 Å². The highest BCUT2D eigenvalue weighted by molar-refractivity contribution is 5.91. The molecule has 4 nitrogen and oxygen atoms in total. The van der Waals surface area contributed by atoms with Crippen LogP contribution in [0, 0.1) is 0 Å². The molecule has 1 rings (SSSR count). The van der Waals surface area contributed by atoms with E-state index in [1.54, 1.807) is 30.3 Å². The Morgan fingerprint density at radius 3 is 2.44 bits per heavy atom.